The highest BCUT2D eigenvalue weighted by Crippen LogP contribution is 2.36. The summed E-state index contributed by atoms with van der Waals surface area (Å²) in [6.07, 6.45) is 10.9. The zero-order valence-corrected chi connectivity index (χ0v) is 10.8. The molecule has 0 unspecified atom stereocenters. The summed E-state index contributed by atoms with van der Waals surface area (Å²) in [7, 11) is 1.00. The Morgan fingerprint density at radius 1 is 1.44 bits per heavy atom. The molecule has 0 saturated carbocycles. The second-order valence-corrected chi connectivity index (χ2v) is 4.48. The monoisotopic (exact) mass is 226 g/mol. The molecule has 0 spiro atoms. The van der Waals surface area contributed by atoms with Gasteiger partial charge in [0, 0.05) is 12.5 Å². The summed E-state index contributed by atoms with van der Waals surface area (Å²) in [6.45, 7) is 6.00. The van der Waals surface area contributed by atoms with Gasteiger partial charge in [0.15, 0.2) is 0 Å². The molecule has 2 heteroatoms. The Morgan fingerprint density at radius 2 is 2.06 bits per heavy atom. The normalized spacial score (nSPS) is 18.6. The van der Waals surface area contributed by atoms with Gasteiger partial charge >= 0.3 is 0 Å². The van der Waals surface area contributed by atoms with Crippen LogP contribution in [0.5, 0.6) is 0 Å². The Balaban J connectivity index is 0.00000106. The van der Waals surface area contributed by atoms with Crippen LogP contribution < -0.4 is 0 Å². The van der Waals surface area contributed by atoms with E-state index in [1.54, 1.807) is 6.08 Å². The van der Waals surface area contributed by atoms with Gasteiger partial charge in [-0.1, -0.05) is 45.4 Å². The maximum atomic E-state index is 13.5. The van der Waals surface area contributed by atoms with Crippen LogP contribution in [0, 0.1) is 5.41 Å². The molecule has 0 saturated heterocycles. The first kappa shape index (κ1) is 15.1. The fourth-order valence-corrected chi connectivity index (χ4v) is 1.37. The lowest BCUT2D eigenvalue weighted by atomic mass is 9.83. The summed E-state index contributed by atoms with van der Waals surface area (Å²) in [5.41, 5.74) is 0.706. The van der Waals surface area contributed by atoms with Crippen molar-refractivity contribution in [3.8, 4) is 0 Å². The Kier molecular flexibility index (Phi) is 6.98. The number of aliphatic hydroxyl groups excluding tert-OH is 1. The fourth-order valence-electron chi connectivity index (χ4n) is 1.37. The third-order valence-corrected chi connectivity index (χ3v) is 2.55. The molecule has 0 bridgehead atoms. The molecule has 0 aromatic carbocycles. The number of hydrogen-bond acceptors (Lipinski definition) is 1. The van der Waals surface area contributed by atoms with Gasteiger partial charge in [0.05, 0.1) is 0 Å². The predicted molar refractivity (Wildman–Crippen MR) is 67.9 cm³/mol. The number of halogens is 1. The van der Waals surface area contributed by atoms with E-state index in [0.717, 1.165) is 31.9 Å². The van der Waals surface area contributed by atoms with Crippen molar-refractivity contribution in [3.63, 3.8) is 0 Å². The fraction of sp³-hybridized carbons (Fsp3) is 0.571. The van der Waals surface area contributed by atoms with Crippen molar-refractivity contribution in [1.29, 1.82) is 0 Å². The highest BCUT2D eigenvalue weighted by atomic mass is 19.1. The van der Waals surface area contributed by atoms with E-state index in [0.29, 0.717) is 0 Å². The summed E-state index contributed by atoms with van der Waals surface area (Å²) < 4.78 is 13.5. The molecule has 0 aliphatic heterocycles. The van der Waals surface area contributed by atoms with E-state index in [-0.39, 0.29) is 11.2 Å². The molecule has 0 fully saturated rings. The van der Waals surface area contributed by atoms with Gasteiger partial charge in [-0.3, -0.25) is 0 Å². The first-order valence-corrected chi connectivity index (χ1v) is 5.75. The van der Waals surface area contributed by atoms with E-state index in [4.69, 9.17) is 5.11 Å². The summed E-state index contributed by atoms with van der Waals surface area (Å²) >= 11 is 0. The molecule has 16 heavy (non-hydrogen) atoms. The minimum absolute atomic E-state index is 0.00357. The Hall–Kier alpha value is -0.890. The average molecular weight is 226 g/mol. The predicted octanol–water partition coefficient (Wildman–Crippen LogP) is 4.16. The van der Waals surface area contributed by atoms with Crippen molar-refractivity contribution in [2.24, 2.45) is 5.41 Å². The maximum absolute atomic E-state index is 13.5. The van der Waals surface area contributed by atoms with Crippen LogP contribution in [0.1, 0.15) is 40.0 Å². The van der Waals surface area contributed by atoms with Gasteiger partial charge in [-0.2, -0.15) is 0 Å². The smallest absolute Gasteiger partial charge is 0.106 e. The number of aliphatic hydroxyl groups is 1. The van der Waals surface area contributed by atoms with E-state index >= 15 is 0 Å². The van der Waals surface area contributed by atoms with E-state index < -0.39 is 0 Å². The largest absolute Gasteiger partial charge is 0.400 e. The Morgan fingerprint density at radius 3 is 2.56 bits per heavy atom. The summed E-state index contributed by atoms with van der Waals surface area (Å²) in [5.74, 6) is -0.00357. The Labute approximate surface area is 98.4 Å². The van der Waals surface area contributed by atoms with Crippen LogP contribution in [-0.4, -0.2) is 12.2 Å². The third-order valence-electron chi connectivity index (χ3n) is 2.55. The Bertz CT molecular complexity index is 285. The quantitative estimate of drug-likeness (QED) is 0.766. The molecule has 0 radical (unpaired) electrons. The molecule has 92 valence electrons. The van der Waals surface area contributed by atoms with Crippen LogP contribution in [0.3, 0.4) is 0 Å². The molecule has 0 aromatic heterocycles. The van der Waals surface area contributed by atoms with Gasteiger partial charge < -0.3 is 5.11 Å². The average Bonchev–Trinajstić information content (AvgIpc) is 2.27. The number of allylic oxidation sites excluding steroid dienone is 6. The van der Waals surface area contributed by atoms with Crippen molar-refractivity contribution >= 4 is 0 Å². The molecule has 0 aromatic rings. The van der Waals surface area contributed by atoms with Gasteiger partial charge in [-0.05, 0) is 24.5 Å². The van der Waals surface area contributed by atoms with Crippen molar-refractivity contribution in [3.05, 3.63) is 35.7 Å². The zero-order chi connectivity index (χ0) is 12.6. The third kappa shape index (κ3) is 4.75. The molecule has 1 nitrogen and oxygen atoms in total. The molecular weight excluding hydrogens is 203 g/mol. The highest BCUT2D eigenvalue weighted by molar-refractivity contribution is 5.37. The lowest BCUT2D eigenvalue weighted by Gasteiger charge is -2.24. The van der Waals surface area contributed by atoms with Crippen molar-refractivity contribution in [2.75, 3.05) is 7.11 Å². The highest BCUT2D eigenvalue weighted by Gasteiger charge is 2.25. The van der Waals surface area contributed by atoms with Crippen LogP contribution in [0.4, 0.5) is 4.39 Å². The second kappa shape index (κ2) is 7.39. The summed E-state index contributed by atoms with van der Waals surface area (Å²) in [4.78, 5) is 0. The van der Waals surface area contributed by atoms with Gasteiger partial charge in [0.1, 0.15) is 5.83 Å². The molecule has 0 atom stereocenters. The van der Waals surface area contributed by atoms with Crippen LogP contribution in [0.15, 0.2) is 35.7 Å². The second-order valence-electron chi connectivity index (χ2n) is 4.48. The number of rotatable bonds is 3. The van der Waals surface area contributed by atoms with Crippen LogP contribution in [0.2, 0.25) is 0 Å². The molecular formula is C14H23FO. The number of hydrogen-bond donors (Lipinski definition) is 1. The van der Waals surface area contributed by atoms with E-state index in [1.807, 2.05) is 19.9 Å². The van der Waals surface area contributed by atoms with Crippen LogP contribution in [-0.2, 0) is 0 Å². The van der Waals surface area contributed by atoms with Gasteiger partial charge in [0.25, 0.3) is 0 Å². The molecule has 1 rings (SSSR count). The number of unbranched alkanes of at least 4 members (excludes halogenated alkanes) is 1. The molecule has 0 heterocycles. The first-order chi connectivity index (χ1) is 7.56. The van der Waals surface area contributed by atoms with E-state index in [2.05, 4.69) is 19.1 Å². The minimum Gasteiger partial charge on any atom is -0.400 e. The topological polar surface area (TPSA) is 20.2 Å². The van der Waals surface area contributed by atoms with Gasteiger partial charge in [-0.25, -0.2) is 4.39 Å². The lowest BCUT2D eigenvalue weighted by Crippen LogP contribution is -2.13. The minimum atomic E-state index is -0.303. The lowest BCUT2D eigenvalue weighted by molar-refractivity contribution is 0.347. The maximum Gasteiger partial charge on any atom is 0.106 e. The zero-order valence-electron chi connectivity index (χ0n) is 10.8. The standard InChI is InChI=1S/C13H19F.CH4O/c1-4-5-6-7-11-8-9-13(2,3)12(14)10-11;1-2/h6-8,10H,4-5,9H2,1-3H3;2H,1H3/b7-6+;. The van der Waals surface area contributed by atoms with Gasteiger partial charge in [0.2, 0.25) is 0 Å². The van der Waals surface area contributed by atoms with Crippen molar-refractivity contribution in [2.45, 2.75) is 40.0 Å². The van der Waals surface area contributed by atoms with E-state index in [1.165, 1.54) is 0 Å². The van der Waals surface area contributed by atoms with Crippen LogP contribution >= 0.6 is 0 Å². The summed E-state index contributed by atoms with van der Waals surface area (Å²) in [5, 5.41) is 7.00. The van der Waals surface area contributed by atoms with E-state index in [9.17, 15) is 4.39 Å². The summed E-state index contributed by atoms with van der Waals surface area (Å²) in [6, 6.07) is 0. The first-order valence-electron chi connectivity index (χ1n) is 5.75. The van der Waals surface area contributed by atoms with Gasteiger partial charge in [-0.15, -0.1) is 0 Å². The molecule has 1 aliphatic rings. The van der Waals surface area contributed by atoms with Crippen molar-refractivity contribution < 1.29 is 9.50 Å². The molecule has 1 aliphatic carbocycles. The SMILES string of the molecule is CCC/C=C/C1=CCC(C)(C)C(F)=C1.CO. The molecule has 1 N–H and O–H groups in total. The molecule has 0 amide bonds. The van der Waals surface area contributed by atoms with Crippen LogP contribution in [0.25, 0.3) is 0 Å². The van der Waals surface area contributed by atoms with Crippen molar-refractivity contribution in [1.82, 2.24) is 0 Å².